The topological polar surface area (TPSA) is 98.2 Å². The summed E-state index contributed by atoms with van der Waals surface area (Å²) in [5.41, 5.74) is 3.44. The molecule has 1 fully saturated rings. The van der Waals surface area contributed by atoms with E-state index in [2.05, 4.69) is 21.6 Å². The highest BCUT2D eigenvalue weighted by atomic mass is 35.5. The Morgan fingerprint density at radius 2 is 1.95 bits per heavy atom. The summed E-state index contributed by atoms with van der Waals surface area (Å²) in [7, 11) is 1.94. The molecule has 0 unspecified atom stereocenters. The van der Waals surface area contributed by atoms with Crippen molar-refractivity contribution in [3.05, 3.63) is 67.9 Å². The summed E-state index contributed by atoms with van der Waals surface area (Å²) in [6, 6.07) is 3.52. The van der Waals surface area contributed by atoms with Crippen molar-refractivity contribution in [2.24, 2.45) is 13.0 Å². The summed E-state index contributed by atoms with van der Waals surface area (Å²) < 4.78 is 14.7. The number of hydrogen-bond donors (Lipinski definition) is 2. The number of carbonyl (C=O) groups excluding carboxylic acids is 1. The molecule has 1 aliphatic heterocycles. The van der Waals surface area contributed by atoms with E-state index in [0.29, 0.717) is 39.1 Å². The van der Waals surface area contributed by atoms with Crippen molar-refractivity contribution in [1.82, 2.24) is 20.1 Å². The van der Waals surface area contributed by atoms with Crippen molar-refractivity contribution in [2.45, 2.75) is 69.6 Å². The molecule has 1 atom stereocenters. The minimum atomic E-state index is -0.853. The van der Waals surface area contributed by atoms with Gasteiger partial charge in [-0.15, -0.1) is 11.8 Å². The van der Waals surface area contributed by atoms with Gasteiger partial charge in [0, 0.05) is 59.9 Å². The van der Waals surface area contributed by atoms with Crippen LogP contribution in [0.5, 0.6) is 11.5 Å². The van der Waals surface area contributed by atoms with Crippen LogP contribution < -0.4 is 20.3 Å². The summed E-state index contributed by atoms with van der Waals surface area (Å²) in [6.45, 7) is 5.74. The first-order valence-corrected chi connectivity index (χ1v) is 14.4. The molecule has 0 saturated heterocycles. The molecule has 2 aromatic heterocycles. The lowest BCUT2D eigenvalue weighted by Crippen LogP contribution is -2.44. The van der Waals surface area contributed by atoms with Gasteiger partial charge in [-0.05, 0) is 69.4 Å². The number of aromatic amines is 1. The monoisotopic (exact) mass is 556 g/mol. The Hall–Kier alpha value is -2.91. The minimum Gasteiger partial charge on any atom is -0.448 e. The summed E-state index contributed by atoms with van der Waals surface area (Å²) in [5.74, 6) is 0.492. The van der Waals surface area contributed by atoms with E-state index in [4.69, 9.17) is 21.1 Å². The Labute approximate surface area is 231 Å². The third-order valence-corrected chi connectivity index (χ3v) is 8.92. The highest BCUT2D eigenvalue weighted by molar-refractivity contribution is 7.98. The van der Waals surface area contributed by atoms with E-state index in [-0.39, 0.29) is 23.9 Å². The van der Waals surface area contributed by atoms with Crippen molar-refractivity contribution >= 4 is 29.3 Å². The van der Waals surface area contributed by atoms with Gasteiger partial charge in [-0.2, -0.15) is 5.10 Å². The molecule has 2 aliphatic rings. The number of ether oxygens (including phenoxy) is 2. The molecule has 38 heavy (non-hydrogen) atoms. The van der Waals surface area contributed by atoms with Crippen LogP contribution in [0.25, 0.3) is 0 Å². The number of thioether (sulfide) groups is 1. The lowest BCUT2D eigenvalue weighted by Gasteiger charge is -2.37. The zero-order valence-electron chi connectivity index (χ0n) is 22.3. The fraction of sp³-hybridized carbons (Fsp3) is 0.464. The molecular weight excluding hydrogens is 524 g/mol. The molecule has 1 aromatic carbocycles. The number of rotatable bonds is 6. The van der Waals surface area contributed by atoms with Gasteiger partial charge in [0.15, 0.2) is 11.5 Å². The van der Waals surface area contributed by atoms with Crippen LogP contribution in [0.15, 0.2) is 34.2 Å². The molecule has 0 bridgehead atoms. The average Bonchev–Trinajstić information content (AvgIpc) is 3.49. The van der Waals surface area contributed by atoms with Gasteiger partial charge < -0.3 is 19.8 Å². The Morgan fingerprint density at radius 1 is 1.24 bits per heavy atom. The van der Waals surface area contributed by atoms with Gasteiger partial charge in [0.1, 0.15) is 0 Å². The second-order valence-corrected chi connectivity index (χ2v) is 11.7. The second-order valence-electron chi connectivity index (χ2n) is 10.4. The SMILES string of the molecule is CSc1cc(C)[nH]c(=O)c1CNC(=O)c1cc(Cl)c2c(c1C)O[C@@](C)([C@H]1CC[C@@H](c3cnn(C)c3)CC1)O2. The predicted molar refractivity (Wildman–Crippen MR) is 149 cm³/mol. The van der Waals surface area contributed by atoms with Gasteiger partial charge in [-0.1, -0.05) is 11.6 Å². The number of benzene rings is 1. The first-order valence-electron chi connectivity index (χ1n) is 12.8. The number of aromatic nitrogens is 3. The van der Waals surface area contributed by atoms with E-state index < -0.39 is 5.79 Å². The zero-order chi connectivity index (χ0) is 27.2. The highest BCUT2D eigenvalue weighted by Crippen LogP contribution is 2.52. The fourth-order valence-corrected chi connectivity index (χ4v) is 6.59. The molecule has 0 radical (unpaired) electrons. The number of H-pyrrole nitrogens is 1. The largest absolute Gasteiger partial charge is 0.448 e. The molecule has 8 nitrogen and oxygen atoms in total. The average molecular weight is 557 g/mol. The van der Waals surface area contributed by atoms with Gasteiger partial charge >= 0.3 is 0 Å². The van der Waals surface area contributed by atoms with Crippen molar-refractivity contribution in [1.29, 1.82) is 0 Å². The molecule has 2 N–H and O–H groups in total. The number of hydrogen-bond acceptors (Lipinski definition) is 6. The molecule has 1 aliphatic carbocycles. The van der Waals surface area contributed by atoms with Crippen LogP contribution in [0.3, 0.4) is 0 Å². The lowest BCUT2D eigenvalue weighted by atomic mass is 9.76. The van der Waals surface area contributed by atoms with Crippen LogP contribution in [0.1, 0.15) is 71.3 Å². The Bertz CT molecular complexity index is 1440. The first-order chi connectivity index (χ1) is 18.1. The number of carbonyl (C=O) groups is 1. The van der Waals surface area contributed by atoms with Crippen molar-refractivity contribution in [3.63, 3.8) is 0 Å². The molecule has 0 spiro atoms. The molecule has 3 aromatic rings. The maximum atomic E-state index is 13.2. The summed E-state index contributed by atoms with van der Waals surface area (Å²) in [6.07, 6.45) is 9.93. The Balaban J connectivity index is 1.30. The third-order valence-electron chi connectivity index (χ3n) is 7.83. The van der Waals surface area contributed by atoms with Gasteiger partial charge in [-0.25, -0.2) is 0 Å². The van der Waals surface area contributed by atoms with E-state index in [9.17, 15) is 9.59 Å². The number of amides is 1. The Kier molecular flexibility index (Phi) is 7.26. The minimum absolute atomic E-state index is 0.105. The van der Waals surface area contributed by atoms with Gasteiger partial charge in [-0.3, -0.25) is 14.3 Å². The summed E-state index contributed by atoms with van der Waals surface area (Å²) in [4.78, 5) is 29.3. The zero-order valence-corrected chi connectivity index (χ0v) is 23.9. The van der Waals surface area contributed by atoms with Crippen molar-refractivity contribution in [2.75, 3.05) is 6.26 Å². The Morgan fingerprint density at radius 3 is 2.61 bits per heavy atom. The first kappa shape index (κ1) is 26.7. The van der Waals surface area contributed by atoms with Gasteiger partial charge in [0.05, 0.1) is 11.2 Å². The number of pyridine rings is 1. The third kappa shape index (κ3) is 4.94. The predicted octanol–water partition coefficient (Wildman–Crippen LogP) is 5.49. The van der Waals surface area contributed by atoms with Gasteiger partial charge in [0.25, 0.3) is 17.3 Å². The quantitative estimate of drug-likeness (QED) is 0.389. The highest BCUT2D eigenvalue weighted by Gasteiger charge is 2.47. The van der Waals surface area contributed by atoms with E-state index in [0.717, 1.165) is 36.3 Å². The molecule has 3 heterocycles. The van der Waals surface area contributed by atoms with Crippen LogP contribution in [-0.4, -0.2) is 32.7 Å². The smallest absolute Gasteiger partial charge is 0.254 e. The van der Waals surface area contributed by atoms with Crippen LogP contribution in [-0.2, 0) is 13.6 Å². The standard InChI is InChI=1S/C28H33ClN4O4S/c1-15-10-23(38-5)21(27(35)32-15)13-30-26(34)20-11-22(29)25-24(16(20)2)36-28(3,37-25)19-8-6-17(7-9-19)18-12-31-33(4)14-18/h10-12,14,17,19H,6-9,13H2,1-5H3,(H,30,34)(H,32,35)/t17-,19+,28-/m1/s1. The molecule has 10 heteroatoms. The van der Waals surface area contributed by atoms with E-state index in [1.165, 1.54) is 17.3 Å². The number of halogens is 1. The van der Waals surface area contributed by atoms with Gasteiger partial charge in [0.2, 0.25) is 0 Å². The number of nitrogens with one attached hydrogen (secondary N) is 2. The number of nitrogens with zero attached hydrogens (tertiary/aromatic N) is 2. The van der Waals surface area contributed by atoms with Crippen molar-refractivity contribution < 1.29 is 14.3 Å². The second kappa shape index (κ2) is 10.3. The summed E-state index contributed by atoms with van der Waals surface area (Å²) in [5, 5.41) is 7.54. The normalized spacial score (nSPS) is 22.5. The molecule has 5 rings (SSSR count). The molecular formula is C28H33ClN4O4S. The van der Waals surface area contributed by atoms with Crippen molar-refractivity contribution in [3.8, 4) is 11.5 Å². The molecule has 1 amide bonds. The summed E-state index contributed by atoms with van der Waals surface area (Å²) >= 11 is 8.09. The maximum absolute atomic E-state index is 13.2. The van der Waals surface area contributed by atoms with E-state index in [1.54, 1.807) is 6.07 Å². The van der Waals surface area contributed by atoms with Crippen LogP contribution in [0.4, 0.5) is 0 Å². The fourth-order valence-electron chi connectivity index (χ4n) is 5.65. The molecule has 202 valence electrons. The van der Waals surface area contributed by atoms with Crippen LogP contribution in [0, 0.1) is 19.8 Å². The maximum Gasteiger partial charge on any atom is 0.254 e. The van der Waals surface area contributed by atoms with Crippen LogP contribution in [0.2, 0.25) is 5.02 Å². The lowest BCUT2D eigenvalue weighted by molar-refractivity contribution is -0.121. The van der Waals surface area contributed by atoms with Crippen LogP contribution >= 0.6 is 23.4 Å². The van der Waals surface area contributed by atoms with E-state index >= 15 is 0 Å². The molecule has 1 saturated carbocycles. The van der Waals surface area contributed by atoms with E-state index in [1.807, 2.05) is 51.0 Å². The number of fused-ring (bicyclic) bond motifs is 1. The number of aryl methyl sites for hydroxylation is 2.